The number of benzene rings is 1. The third-order valence-electron chi connectivity index (χ3n) is 4.23. The Kier molecular flexibility index (Phi) is 3.89. The number of amides is 1. The number of aliphatic hydroxyl groups is 1. The first-order valence-electron chi connectivity index (χ1n) is 7.40. The van der Waals surface area contributed by atoms with Gasteiger partial charge in [-0.1, -0.05) is 18.2 Å². The summed E-state index contributed by atoms with van der Waals surface area (Å²) in [4.78, 5) is 11.8. The molecule has 0 radical (unpaired) electrons. The van der Waals surface area contributed by atoms with Gasteiger partial charge in [0.2, 0.25) is 0 Å². The molecule has 1 heterocycles. The summed E-state index contributed by atoms with van der Waals surface area (Å²) in [5.74, 6) is -5.23. The normalized spacial score (nSPS) is 16.7. The van der Waals surface area contributed by atoms with E-state index in [0.29, 0.717) is 17.7 Å². The molecule has 2 N–H and O–H groups in total. The first-order chi connectivity index (χ1) is 10.9. The van der Waals surface area contributed by atoms with Gasteiger partial charge in [-0.25, -0.2) is 4.68 Å². The van der Waals surface area contributed by atoms with Gasteiger partial charge in [0.15, 0.2) is 0 Å². The van der Waals surface area contributed by atoms with Gasteiger partial charge in [0.25, 0.3) is 5.91 Å². The third kappa shape index (κ3) is 2.72. The van der Waals surface area contributed by atoms with Crippen molar-refractivity contribution in [1.29, 1.82) is 0 Å². The molecule has 3 rings (SSSR count). The summed E-state index contributed by atoms with van der Waals surface area (Å²) in [5.41, 5.74) is -0.858. The molecule has 1 saturated carbocycles. The number of nitrogens with one attached hydrogen (secondary N) is 1. The van der Waals surface area contributed by atoms with Gasteiger partial charge in [0, 0.05) is 18.9 Å². The van der Waals surface area contributed by atoms with Crippen LogP contribution >= 0.6 is 0 Å². The van der Waals surface area contributed by atoms with Gasteiger partial charge in [0.05, 0.1) is 5.69 Å². The Morgan fingerprint density at radius 2 is 2.09 bits per heavy atom. The molecule has 1 aromatic heterocycles. The molecule has 1 amide bonds. The van der Waals surface area contributed by atoms with E-state index < -0.39 is 17.4 Å². The lowest BCUT2D eigenvalue weighted by atomic mass is 9.75. The summed E-state index contributed by atoms with van der Waals surface area (Å²) < 4.78 is 29.7. The van der Waals surface area contributed by atoms with Crippen molar-refractivity contribution in [3.63, 3.8) is 0 Å². The molecule has 0 aliphatic heterocycles. The Morgan fingerprint density at radius 3 is 2.70 bits per heavy atom. The number of carbonyl (C=O) groups excluding carboxylic acids is 1. The molecule has 122 valence electrons. The molecule has 23 heavy (non-hydrogen) atoms. The average Bonchev–Trinajstić information content (AvgIpc) is 3.04. The molecule has 7 heteroatoms. The number of aromatic nitrogens is 2. The Hall–Kier alpha value is -2.28. The zero-order chi connectivity index (χ0) is 16.5. The summed E-state index contributed by atoms with van der Waals surface area (Å²) in [6.07, 6.45) is 3.72. The van der Waals surface area contributed by atoms with E-state index in [1.165, 1.54) is 0 Å². The largest absolute Gasteiger partial charge is 0.383 e. The second kappa shape index (κ2) is 5.73. The number of halogens is 2. The van der Waals surface area contributed by atoms with Crippen LogP contribution in [0.5, 0.6) is 0 Å². The quantitative estimate of drug-likeness (QED) is 0.885. The van der Waals surface area contributed by atoms with Crippen LogP contribution in [0, 0.1) is 0 Å². The van der Waals surface area contributed by atoms with Crippen molar-refractivity contribution in [2.45, 2.75) is 37.3 Å². The SMILES string of the molecule is O=C(NCc1ccccc1-n1cccn1)C(F)(F)C1(O)CCC1. The highest BCUT2D eigenvalue weighted by Gasteiger charge is 2.61. The topological polar surface area (TPSA) is 67.2 Å². The average molecular weight is 321 g/mol. The first kappa shape index (κ1) is 15.6. The molecule has 0 spiro atoms. The van der Waals surface area contributed by atoms with Crippen LogP contribution < -0.4 is 5.32 Å². The van der Waals surface area contributed by atoms with Gasteiger partial charge in [-0.3, -0.25) is 4.79 Å². The molecular formula is C16H17F2N3O2. The second-order valence-corrected chi connectivity index (χ2v) is 5.72. The zero-order valence-electron chi connectivity index (χ0n) is 12.4. The smallest absolute Gasteiger partial charge is 0.352 e. The first-order valence-corrected chi connectivity index (χ1v) is 7.40. The molecule has 2 aromatic rings. The predicted octanol–water partition coefficient (Wildman–Crippen LogP) is 2.04. The molecule has 0 saturated heterocycles. The Balaban J connectivity index is 1.73. The van der Waals surface area contributed by atoms with Crippen molar-refractivity contribution >= 4 is 5.91 Å². The fraction of sp³-hybridized carbons (Fsp3) is 0.375. The number of hydrogen-bond donors (Lipinski definition) is 2. The van der Waals surface area contributed by atoms with E-state index in [1.807, 2.05) is 0 Å². The Labute approximate surface area is 131 Å². The molecule has 5 nitrogen and oxygen atoms in total. The van der Waals surface area contributed by atoms with Gasteiger partial charge in [0.1, 0.15) is 5.60 Å². The molecule has 0 bridgehead atoms. The summed E-state index contributed by atoms with van der Waals surface area (Å²) in [6.45, 7) is -0.0689. The zero-order valence-corrected chi connectivity index (χ0v) is 12.4. The number of nitrogens with zero attached hydrogens (tertiary/aromatic N) is 2. The highest BCUT2D eigenvalue weighted by atomic mass is 19.3. The van der Waals surface area contributed by atoms with Gasteiger partial charge < -0.3 is 10.4 Å². The van der Waals surface area contributed by atoms with Crippen molar-refractivity contribution in [3.05, 3.63) is 48.3 Å². The van der Waals surface area contributed by atoms with Gasteiger partial charge in [-0.2, -0.15) is 13.9 Å². The summed E-state index contributed by atoms with van der Waals surface area (Å²) in [6, 6.07) is 8.81. The van der Waals surface area contributed by atoms with E-state index >= 15 is 0 Å². The molecular weight excluding hydrogens is 304 g/mol. The standard InChI is InChI=1S/C16H17F2N3O2/c17-16(18,15(23)7-3-8-15)14(22)19-11-12-5-1-2-6-13(12)21-10-4-9-20-21/h1-2,4-6,9-10,23H,3,7-8,11H2,(H,19,22). The van der Waals surface area contributed by atoms with Crippen LogP contribution in [0.15, 0.2) is 42.7 Å². The van der Waals surface area contributed by atoms with Gasteiger partial charge in [-0.15, -0.1) is 0 Å². The van der Waals surface area contributed by atoms with E-state index in [9.17, 15) is 18.7 Å². The minimum atomic E-state index is -3.79. The van der Waals surface area contributed by atoms with Crippen molar-refractivity contribution in [1.82, 2.24) is 15.1 Å². The van der Waals surface area contributed by atoms with Crippen LogP contribution in [-0.4, -0.2) is 32.3 Å². The number of carbonyl (C=O) groups is 1. The molecule has 1 aliphatic rings. The monoisotopic (exact) mass is 321 g/mol. The van der Waals surface area contributed by atoms with Crippen molar-refractivity contribution < 1.29 is 18.7 Å². The van der Waals surface area contributed by atoms with E-state index in [4.69, 9.17) is 0 Å². The Bertz CT molecular complexity index is 697. The molecule has 1 aromatic carbocycles. The molecule has 1 fully saturated rings. The second-order valence-electron chi connectivity index (χ2n) is 5.72. The number of para-hydroxylation sites is 1. The highest BCUT2D eigenvalue weighted by Crippen LogP contribution is 2.44. The van der Waals surface area contributed by atoms with Crippen LogP contribution in [0.4, 0.5) is 8.78 Å². The number of alkyl halides is 2. The minimum Gasteiger partial charge on any atom is -0.383 e. The fourth-order valence-corrected chi connectivity index (χ4v) is 2.62. The highest BCUT2D eigenvalue weighted by molar-refractivity contribution is 5.85. The number of hydrogen-bond acceptors (Lipinski definition) is 3. The molecule has 0 unspecified atom stereocenters. The van der Waals surface area contributed by atoms with E-state index in [-0.39, 0.29) is 19.4 Å². The maximum absolute atomic E-state index is 14.0. The maximum atomic E-state index is 14.0. The van der Waals surface area contributed by atoms with E-state index in [0.717, 1.165) is 0 Å². The predicted molar refractivity (Wildman–Crippen MR) is 79.2 cm³/mol. The van der Waals surface area contributed by atoms with Gasteiger partial charge in [-0.05, 0) is 37.0 Å². The molecule has 0 atom stereocenters. The van der Waals surface area contributed by atoms with Crippen LogP contribution in [-0.2, 0) is 11.3 Å². The van der Waals surface area contributed by atoms with Crippen LogP contribution in [0.25, 0.3) is 5.69 Å². The summed E-state index contributed by atoms with van der Waals surface area (Å²) in [7, 11) is 0. The van der Waals surface area contributed by atoms with Crippen molar-refractivity contribution in [2.75, 3.05) is 0 Å². The Morgan fingerprint density at radius 1 is 1.35 bits per heavy atom. The van der Waals surface area contributed by atoms with Crippen LogP contribution in [0.1, 0.15) is 24.8 Å². The lowest BCUT2D eigenvalue weighted by Crippen LogP contribution is -2.60. The van der Waals surface area contributed by atoms with E-state index in [2.05, 4.69) is 10.4 Å². The van der Waals surface area contributed by atoms with Crippen LogP contribution in [0.2, 0.25) is 0 Å². The van der Waals surface area contributed by atoms with Crippen LogP contribution in [0.3, 0.4) is 0 Å². The molecule has 1 aliphatic carbocycles. The van der Waals surface area contributed by atoms with Crippen molar-refractivity contribution in [2.24, 2.45) is 0 Å². The summed E-state index contributed by atoms with van der Waals surface area (Å²) >= 11 is 0. The summed E-state index contributed by atoms with van der Waals surface area (Å²) in [5, 5.41) is 16.1. The minimum absolute atomic E-state index is 0.0582. The van der Waals surface area contributed by atoms with Crippen molar-refractivity contribution in [3.8, 4) is 5.69 Å². The lowest BCUT2D eigenvalue weighted by Gasteiger charge is -2.41. The fourth-order valence-electron chi connectivity index (χ4n) is 2.62. The van der Waals surface area contributed by atoms with Gasteiger partial charge >= 0.3 is 5.92 Å². The lowest BCUT2D eigenvalue weighted by molar-refractivity contribution is -0.216. The third-order valence-corrected chi connectivity index (χ3v) is 4.23. The van der Waals surface area contributed by atoms with E-state index in [1.54, 1.807) is 47.4 Å². The number of rotatable bonds is 5. The maximum Gasteiger partial charge on any atom is 0.352 e.